The van der Waals surface area contributed by atoms with Gasteiger partial charge in [-0.3, -0.25) is 9.89 Å². The fraction of sp³-hybridized carbons (Fsp3) is 0.231. The molecule has 4 N–H and O–H groups in total. The van der Waals surface area contributed by atoms with Gasteiger partial charge in [0.2, 0.25) is 0 Å². The summed E-state index contributed by atoms with van der Waals surface area (Å²) in [5.74, 6) is -0.780. The van der Waals surface area contributed by atoms with Crippen molar-refractivity contribution >= 4 is 28.9 Å². The lowest BCUT2D eigenvalue weighted by Crippen LogP contribution is -2.15. The van der Waals surface area contributed by atoms with Crippen LogP contribution in [0.2, 0.25) is 5.02 Å². The maximum atomic E-state index is 13.6. The average molecular weight is 295 g/mol. The van der Waals surface area contributed by atoms with E-state index in [4.69, 9.17) is 17.3 Å². The summed E-state index contributed by atoms with van der Waals surface area (Å²) in [7, 11) is 0. The minimum absolute atomic E-state index is 0.00197. The molecule has 20 heavy (non-hydrogen) atoms. The fourth-order valence-corrected chi connectivity index (χ4v) is 2.17. The van der Waals surface area contributed by atoms with Gasteiger partial charge in [0.25, 0.3) is 5.91 Å². The molecule has 1 aromatic heterocycles. The number of hydrogen-bond donors (Lipinski definition) is 3. The first-order chi connectivity index (χ1) is 9.56. The second kappa shape index (κ2) is 4.79. The number of H-pyrrole nitrogens is 1. The Labute approximate surface area is 119 Å². The van der Waals surface area contributed by atoms with Crippen molar-refractivity contribution < 1.29 is 9.18 Å². The number of nitrogen functional groups attached to an aromatic ring is 1. The summed E-state index contributed by atoms with van der Waals surface area (Å²) in [5, 5.41) is 9.43. The maximum Gasteiger partial charge on any atom is 0.278 e. The molecule has 1 fully saturated rings. The van der Waals surface area contributed by atoms with Crippen LogP contribution in [0.4, 0.5) is 15.8 Å². The zero-order valence-corrected chi connectivity index (χ0v) is 11.2. The van der Waals surface area contributed by atoms with Crippen LogP contribution in [-0.4, -0.2) is 16.1 Å². The van der Waals surface area contributed by atoms with E-state index in [-0.39, 0.29) is 11.4 Å². The first-order valence-corrected chi connectivity index (χ1v) is 6.54. The van der Waals surface area contributed by atoms with Crippen LogP contribution >= 0.6 is 11.6 Å². The van der Waals surface area contributed by atoms with Crippen LogP contribution in [0.1, 0.15) is 34.9 Å². The zero-order chi connectivity index (χ0) is 14.3. The highest BCUT2D eigenvalue weighted by Gasteiger charge is 2.30. The van der Waals surface area contributed by atoms with Crippen molar-refractivity contribution in [1.82, 2.24) is 10.2 Å². The summed E-state index contributed by atoms with van der Waals surface area (Å²) in [4.78, 5) is 12.1. The van der Waals surface area contributed by atoms with E-state index in [9.17, 15) is 9.18 Å². The molecule has 2 aromatic rings. The molecular formula is C13H12ClFN4O. The first-order valence-electron chi connectivity index (χ1n) is 6.16. The molecule has 1 aliphatic carbocycles. The Morgan fingerprint density at radius 1 is 1.50 bits per heavy atom. The molecule has 5 nitrogen and oxygen atoms in total. The van der Waals surface area contributed by atoms with Crippen LogP contribution in [-0.2, 0) is 0 Å². The Bertz CT molecular complexity index is 681. The molecule has 0 spiro atoms. The third-order valence-electron chi connectivity index (χ3n) is 3.21. The topological polar surface area (TPSA) is 83.8 Å². The highest BCUT2D eigenvalue weighted by molar-refractivity contribution is 6.31. The molecule has 0 bridgehead atoms. The third kappa shape index (κ3) is 2.34. The summed E-state index contributed by atoms with van der Waals surface area (Å²) in [6, 6.07) is 3.92. The number of hydrogen-bond acceptors (Lipinski definition) is 3. The first kappa shape index (κ1) is 12.9. The van der Waals surface area contributed by atoms with E-state index in [2.05, 4.69) is 15.5 Å². The molecule has 1 saturated carbocycles. The molecule has 1 amide bonds. The van der Waals surface area contributed by atoms with Gasteiger partial charge in [-0.05, 0) is 31.0 Å². The molecule has 0 atom stereocenters. The summed E-state index contributed by atoms with van der Waals surface area (Å²) >= 11 is 5.77. The Kier molecular flexibility index (Phi) is 3.10. The van der Waals surface area contributed by atoms with E-state index in [1.807, 2.05) is 0 Å². The Morgan fingerprint density at radius 2 is 2.25 bits per heavy atom. The Balaban J connectivity index is 1.84. The van der Waals surface area contributed by atoms with Crippen LogP contribution in [0, 0.1) is 5.82 Å². The van der Waals surface area contributed by atoms with Gasteiger partial charge in [0, 0.05) is 10.9 Å². The molecular weight excluding hydrogens is 283 g/mol. The summed E-state index contributed by atoms with van der Waals surface area (Å²) in [5.41, 5.74) is 7.07. The number of benzene rings is 1. The van der Waals surface area contributed by atoms with Crippen molar-refractivity contribution in [2.45, 2.75) is 18.8 Å². The van der Waals surface area contributed by atoms with E-state index in [1.54, 1.807) is 0 Å². The van der Waals surface area contributed by atoms with Crippen LogP contribution in [0.3, 0.4) is 0 Å². The highest BCUT2D eigenvalue weighted by Crippen LogP contribution is 2.42. The van der Waals surface area contributed by atoms with Crippen molar-refractivity contribution in [3.05, 3.63) is 40.4 Å². The third-order valence-corrected chi connectivity index (χ3v) is 3.45. The van der Waals surface area contributed by atoms with Crippen molar-refractivity contribution in [2.75, 3.05) is 11.1 Å². The zero-order valence-electron chi connectivity index (χ0n) is 10.4. The summed E-state index contributed by atoms with van der Waals surface area (Å²) < 4.78 is 13.6. The van der Waals surface area contributed by atoms with Crippen LogP contribution in [0.5, 0.6) is 0 Å². The molecule has 0 radical (unpaired) electrons. The number of anilines is 2. The van der Waals surface area contributed by atoms with Gasteiger partial charge >= 0.3 is 0 Å². The molecule has 104 valence electrons. The second-order valence-electron chi connectivity index (χ2n) is 4.75. The van der Waals surface area contributed by atoms with Gasteiger partial charge < -0.3 is 11.1 Å². The largest absolute Gasteiger partial charge is 0.395 e. The van der Waals surface area contributed by atoms with Gasteiger partial charge in [0.05, 0.1) is 17.1 Å². The summed E-state index contributed by atoms with van der Waals surface area (Å²) in [6.45, 7) is 0. The molecule has 1 heterocycles. The number of carbonyl (C=O) groups is 1. The van der Waals surface area contributed by atoms with Crippen molar-refractivity contribution in [3.8, 4) is 0 Å². The minimum atomic E-state index is -0.570. The smallest absolute Gasteiger partial charge is 0.278 e. The number of nitrogens with zero attached hydrogens (tertiary/aromatic N) is 1. The van der Waals surface area contributed by atoms with Gasteiger partial charge in [-0.1, -0.05) is 11.6 Å². The normalized spacial score (nSPS) is 14.3. The van der Waals surface area contributed by atoms with Gasteiger partial charge in [-0.15, -0.1) is 0 Å². The van der Waals surface area contributed by atoms with Crippen LogP contribution < -0.4 is 11.1 Å². The van der Waals surface area contributed by atoms with Gasteiger partial charge in [-0.2, -0.15) is 5.10 Å². The maximum absolute atomic E-state index is 13.6. The van der Waals surface area contributed by atoms with Crippen LogP contribution in [0.15, 0.2) is 18.2 Å². The molecule has 7 heteroatoms. The van der Waals surface area contributed by atoms with Gasteiger partial charge in [0.15, 0.2) is 5.69 Å². The number of nitrogens with one attached hydrogen (secondary N) is 2. The van der Waals surface area contributed by atoms with Crippen LogP contribution in [0.25, 0.3) is 0 Å². The van der Waals surface area contributed by atoms with E-state index in [0.717, 1.165) is 18.5 Å². The lowest BCUT2D eigenvalue weighted by Gasteiger charge is -2.05. The summed E-state index contributed by atoms with van der Waals surface area (Å²) in [6.07, 6.45) is 2.08. The van der Waals surface area contributed by atoms with Gasteiger partial charge in [-0.25, -0.2) is 4.39 Å². The van der Waals surface area contributed by atoms with E-state index in [0.29, 0.717) is 16.6 Å². The molecule has 3 rings (SSSR count). The fourth-order valence-electron chi connectivity index (χ4n) is 2.00. The number of aromatic amines is 1. The average Bonchev–Trinajstić information content (AvgIpc) is 3.17. The molecule has 0 aliphatic heterocycles. The van der Waals surface area contributed by atoms with Crippen molar-refractivity contribution in [1.29, 1.82) is 0 Å². The standard InChI is InChI=1S/C13H12ClFN4O/c14-7-3-4-8(15)9(5-7)17-13(20)12-10(16)11(18-19-12)6-1-2-6/h3-6H,1-2,16H2,(H,17,20)(H,18,19). The van der Waals surface area contributed by atoms with Gasteiger partial charge in [0.1, 0.15) is 5.82 Å². The predicted octanol–water partition coefficient (Wildman–Crippen LogP) is 2.91. The monoisotopic (exact) mass is 294 g/mol. The Hall–Kier alpha value is -2.08. The predicted molar refractivity (Wildman–Crippen MR) is 74.3 cm³/mol. The second-order valence-corrected chi connectivity index (χ2v) is 5.19. The Morgan fingerprint density at radius 3 is 2.95 bits per heavy atom. The van der Waals surface area contributed by atoms with E-state index >= 15 is 0 Å². The number of aromatic nitrogens is 2. The number of carbonyl (C=O) groups excluding carboxylic acids is 1. The number of amides is 1. The SMILES string of the molecule is Nc1c(C(=O)Nc2cc(Cl)ccc2F)n[nH]c1C1CC1. The molecule has 0 unspecified atom stereocenters. The quantitative estimate of drug-likeness (QED) is 0.814. The molecule has 1 aromatic carbocycles. The lowest BCUT2D eigenvalue weighted by atomic mass is 10.2. The molecule has 0 saturated heterocycles. The highest BCUT2D eigenvalue weighted by atomic mass is 35.5. The van der Waals surface area contributed by atoms with Crippen molar-refractivity contribution in [3.63, 3.8) is 0 Å². The number of halogens is 2. The number of nitrogens with two attached hydrogens (primary N) is 1. The van der Waals surface area contributed by atoms with E-state index < -0.39 is 11.7 Å². The lowest BCUT2D eigenvalue weighted by molar-refractivity contribution is 0.102. The molecule has 1 aliphatic rings. The number of rotatable bonds is 3. The van der Waals surface area contributed by atoms with E-state index in [1.165, 1.54) is 18.2 Å². The minimum Gasteiger partial charge on any atom is -0.395 e. The van der Waals surface area contributed by atoms with Crippen molar-refractivity contribution in [2.24, 2.45) is 0 Å².